The highest BCUT2D eigenvalue weighted by Crippen LogP contribution is 2.43. The summed E-state index contributed by atoms with van der Waals surface area (Å²) in [5.74, 6) is 1.25. The van der Waals surface area contributed by atoms with Crippen LogP contribution in [-0.2, 0) is 0 Å². The van der Waals surface area contributed by atoms with Gasteiger partial charge >= 0.3 is 0 Å². The van der Waals surface area contributed by atoms with Crippen LogP contribution >= 0.6 is 0 Å². The molecule has 17 rings (SSSR count). The minimum absolute atomic E-state index is 0.400. The van der Waals surface area contributed by atoms with Crippen LogP contribution in [0.1, 0.15) is 5.56 Å². The number of fused-ring (bicyclic) bond motifs is 12. The third-order valence-electron chi connectivity index (χ3n) is 16.7. The summed E-state index contributed by atoms with van der Waals surface area (Å²) >= 11 is 0. The molecular formula is C76H45N7O. The summed E-state index contributed by atoms with van der Waals surface area (Å²) in [7, 11) is 0. The Morgan fingerprint density at radius 3 is 1.18 bits per heavy atom. The summed E-state index contributed by atoms with van der Waals surface area (Å²) in [6.45, 7) is 0. The van der Waals surface area contributed by atoms with Crippen LogP contribution < -0.4 is 0 Å². The Bertz CT molecular complexity index is 5140. The molecule has 0 aliphatic heterocycles. The number of hydrogen-bond donors (Lipinski definition) is 0. The van der Waals surface area contributed by atoms with Crippen molar-refractivity contribution in [3.05, 3.63) is 279 Å². The molecular weight excluding hydrogens is 1030 g/mol. The molecule has 0 N–H and O–H groups in total. The van der Waals surface area contributed by atoms with Crippen molar-refractivity contribution in [3.8, 4) is 79.5 Å². The molecule has 0 aliphatic rings. The summed E-state index contributed by atoms with van der Waals surface area (Å²) in [6.07, 6.45) is 0. The van der Waals surface area contributed by atoms with Crippen LogP contribution in [0.25, 0.3) is 161 Å². The second-order valence-electron chi connectivity index (χ2n) is 21.5. The molecule has 5 heterocycles. The molecule has 8 nitrogen and oxygen atoms in total. The van der Waals surface area contributed by atoms with Gasteiger partial charge in [0.2, 0.25) is 11.9 Å². The summed E-state index contributed by atoms with van der Waals surface area (Å²) in [5.41, 5.74) is 18.2. The third-order valence-corrected chi connectivity index (χ3v) is 16.7. The Balaban J connectivity index is 0.985. The van der Waals surface area contributed by atoms with Gasteiger partial charge in [0.05, 0.1) is 50.4 Å². The number of nitriles is 1. The molecule has 0 saturated heterocycles. The highest BCUT2D eigenvalue weighted by atomic mass is 16.3. The van der Waals surface area contributed by atoms with Crippen molar-refractivity contribution in [1.82, 2.24) is 28.7 Å². The van der Waals surface area contributed by atoms with Gasteiger partial charge in [0.25, 0.3) is 0 Å². The molecule has 0 aliphatic carbocycles. The molecule has 0 bridgehead atoms. The van der Waals surface area contributed by atoms with Gasteiger partial charge in [0, 0.05) is 48.7 Å². The predicted octanol–water partition coefficient (Wildman–Crippen LogP) is 19.3. The molecule has 0 unspecified atom stereocenters. The summed E-state index contributed by atoms with van der Waals surface area (Å²) in [4.78, 5) is 17.0. The van der Waals surface area contributed by atoms with Gasteiger partial charge in [-0.05, 0) is 136 Å². The Morgan fingerprint density at radius 1 is 0.286 bits per heavy atom. The van der Waals surface area contributed by atoms with Gasteiger partial charge in [0.1, 0.15) is 11.2 Å². The molecule has 0 radical (unpaired) electrons. The minimum atomic E-state index is 0.400. The van der Waals surface area contributed by atoms with Crippen molar-refractivity contribution in [1.29, 1.82) is 5.26 Å². The van der Waals surface area contributed by atoms with E-state index in [1.54, 1.807) is 0 Å². The number of furan rings is 1. The fourth-order valence-electron chi connectivity index (χ4n) is 12.8. The van der Waals surface area contributed by atoms with E-state index in [4.69, 9.17) is 19.4 Å². The molecule has 0 fully saturated rings. The van der Waals surface area contributed by atoms with Gasteiger partial charge in [-0.2, -0.15) is 20.2 Å². The molecule has 12 aromatic carbocycles. The zero-order chi connectivity index (χ0) is 55.4. The molecule has 0 saturated carbocycles. The Kier molecular flexibility index (Phi) is 10.5. The van der Waals surface area contributed by atoms with Crippen molar-refractivity contribution < 1.29 is 4.42 Å². The van der Waals surface area contributed by atoms with Crippen LogP contribution in [-0.4, -0.2) is 28.7 Å². The van der Waals surface area contributed by atoms with Crippen molar-refractivity contribution in [2.75, 3.05) is 0 Å². The third kappa shape index (κ3) is 7.43. The predicted molar refractivity (Wildman–Crippen MR) is 342 cm³/mol. The SMILES string of the molecule is N#Cc1ccc(-n2c3ccccc3c3cc4oc5ccccc5c4cc32)c(-c2nc(-n3c4ccc(-c5ccccc5)cc4c4cc(-c5ccccc5)ccc43)nc(-n3c4ccc(-c5ccccc5)cc4c4cc(-c5ccccc5)ccc43)n2)c1. The van der Waals surface area contributed by atoms with Gasteiger partial charge in [-0.1, -0.05) is 182 Å². The first kappa shape index (κ1) is 47.2. The van der Waals surface area contributed by atoms with E-state index in [1.807, 2.05) is 30.3 Å². The molecule has 0 amide bonds. The first-order valence-corrected chi connectivity index (χ1v) is 28.1. The molecule has 390 valence electrons. The smallest absolute Gasteiger partial charge is 0.240 e. The summed E-state index contributed by atoms with van der Waals surface area (Å²) in [5, 5.41) is 19.2. The minimum Gasteiger partial charge on any atom is -0.456 e. The highest BCUT2D eigenvalue weighted by Gasteiger charge is 2.26. The lowest BCUT2D eigenvalue weighted by atomic mass is 10.0. The van der Waals surface area contributed by atoms with Gasteiger partial charge in [-0.15, -0.1) is 0 Å². The van der Waals surface area contributed by atoms with Crippen molar-refractivity contribution in [3.63, 3.8) is 0 Å². The van der Waals surface area contributed by atoms with Crippen molar-refractivity contribution in [2.24, 2.45) is 0 Å². The van der Waals surface area contributed by atoms with Crippen LogP contribution in [0.2, 0.25) is 0 Å². The van der Waals surface area contributed by atoms with E-state index < -0.39 is 0 Å². The zero-order valence-electron chi connectivity index (χ0n) is 45.0. The number of para-hydroxylation sites is 2. The van der Waals surface area contributed by atoms with Crippen molar-refractivity contribution in [2.45, 2.75) is 0 Å². The zero-order valence-corrected chi connectivity index (χ0v) is 45.0. The fourth-order valence-corrected chi connectivity index (χ4v) is 12.8. The van der Waals surface area contributed by atoms with Gasteiger partial charge in [-0.25, -0.2) is 0 Å². The molecule has 84 heavy (non-hydrogen) atoms. The molecule has 0 atom stereocenters. The molecule has 17 aromatic rings. The van der Waals surface area contributed by atoms with E-state index in [9.17, 15) is 5.26 Å². The maximum Gasteiger partial charge on any atom is 0.240 e. The normalized spacial score (nSPS) is 11.8. The fraction of sp³-hybridized carbons (Fsp3) is 0. The van der Waals surface area contributed by atoms with Gasteiger partial charge < -0.3 is 8.98 Å². The average molecular weight is 1070 g/mol. The van der Waals surface area contributed by atoms with E-state index in [-0.39, 0.29) is 0 Å². The molecule has 8 heteroatoms. The second-order valence-corrected chi connectivity index (χ2v) is 21.5. The maximum atomic E-state index is 10.8. The topological polar surface area (TPSA) is 90.4 Å². The summed E-state index contributed by atoms with van der Waals surface area (Å²) < 4.78 is 13.2. The molecule has 5 aromatic heterocycles. The van der Waals surface area contributed by atoms with Crippen LogP contribution in [0.4, 0.5) is 0 Å². The lowest BCUT2D eigenvalue weighted by Crippen LogP contribution is -2.11. The van der Waals surface area contributed by atoms with Crippen LogP contribution in [0.5, 0.6) is 0 Å². The van der Waals surface area contributed by atoms with E-state index in [2.05, 4.69) is 262 Å². The number of aromatic nitrogens is 6. The largest absolute Gasteiger partial charge is 0.456 e. The number of hydrogen-bond acceptors (Lipinski definition) is 5. The van der Waals surface area contributed by atoms with Crippen LogP contribution in [0.15, 0.2) is 277 Å². The van der Waals surface area contributed by atoms with Crippen molar-refractivity contribution >= 4 is 87.4 Å². The second kappa shape index (κ2) is 18.7. The maximum absolute atomic E-state index is 10.8. The van der Waals surface area contributed by atoms with E-state index in [0.717, 1.165) is 138 Å². The van der Waals surface area contributed by atoms with E-state index in [0.29, 0.717) is 28.8 Å². The van der Waals surface area contributed by atoms with E-state index >= 15 is 0 Å². The molecule has 0 spiro atoms. The van der Waals surface area contributed by atoms with Crippen LogP contribution in [0, 0.1) is 11.3 Å². The quantitative estimate of drug-likeness (QED) is 0.151. The Morgan fingerprint density at radius 2 is 0.702 bits per heavy atom. The first-order valence-electron chi connectivity index (χ1n) is 28.1. The lowest BCUT2D eigenvalue weighted by molar-refractivity contribution is 0.669. The lowest BCUT2D eigenvalue weighted by Gasteiger charge is -2.16. The monoisotopic (exact) mass is 1070 g/mol. The average Bonchev–Trinajstić information content (AvgIpc) is 2.67. The Labute approximate surface area is 481 Å². The number of rotatable bonds is 8. The van der Waals surface area contributed by atoms with Gasteiger partial charge in [0.15, 0.2) is 5.82 Å². The standard InChI is InChI=1S/C76H45N7O/c77-46-47-29-34-70(81-65-27-15-13-25-56(65)62-45-73-63(44-71(62)81)57-26-14-16-28-72(57)84-73)64(39-47)74-78-75(82-66-35-30-52(48-17-5-1-6-18-48)40-58(66)59-41-53(31-36-67(59)82)49-19-7-2-8-20-49)80-76(79-74)83-68-37-32-54(50-21-9-3-10-22-50)42-60(68)61-43-55(33-38-69(61)83)51-23-11-4-12-24-51/h1-45H. The van der Waals surface area contributed by atoms with Crippen LogP contribution in [0.3, 0.4) is 0 Å². The van der Waals surface area contributed by atoms with Gasteiger partial charge in [-0.3, -0.25) is 9.13 Å². The Hall–Kier alpha value is -11.7. The van der Waals surface area contributed by atoms with E-state index in [1.165, 1.54) is 0 Å². The number of benzene rings is 12. The highest BCUT2D eigenvalue weighted by molar-refractivity contribution is 6.18. The number of nitrogens with zero attached hydrogens (tertiary/aromatic N) is 7. The first-order chi connectivity index (χ1) is 41.6. The summed E-state index contributed by atoms with van der Waals surface area (Å²) in [6, 6.07) is 98.2.